The topological polar surface area (TPSA) is 133 Å². The number of likely N-dealkylation sites (tertiary alicyclic amines) is 1. The average molecular weight is 486 g/mol. The molecule has 2 heterocycles. The smallest absolute Gasteiger partial charge is 0.273 e. The summed E-state index contributed by atoms with van der Waals surface area (Å²) in [6, 6.07) is 0.973. The van der Waals surface area contributed by atoms with Crippen LogP contribution in [0.15, 0.2) is 23.2 Å². The number of aromatic nitrogens is 1. The van der Waals surface area contributed by atoms with Crippen LogP contribution in [0.2, 0.25) is 0 Å². The lowest BCUT2D eigenvalue weighted by atomic mass is 10.1. The zero-order chi connectivity index (χ0) is 24.3. The minimum Gasteiger partial charge on any atom is -0.389 e. The number of amides is 1. The molecule has 8 nitrogen and oxygen atoms in total. The molecular formula is C20H23F4N7OS. The Kier molecular flexibility index (Phi) is 7.32. The quantitative estimate of drug-likeness (QED) is 0.293. The molecule has 1 fully saturated rings. The number of benzene rings is 1. The van der Waals surface area contributed by atoms with Crippen LogP contribution in [0.4, 0.5) is 22.6 Å². The highest BCUT2D eigenvalue weighted by molar-refractivity contribution is 7.19. The van der Waals surface area contributed by atoms with Gasteiger partial charge in [0, 0.05) is 37.8 Å². The van der Waals surface area contributed by atoms with E-state index in [9.17, 15) is 22.4 Å². The number of nitrogens with zero attached hydrogens (tertiary/aromatic N) is 3. The number of carbonyl (C=O) groups excluding carboxylic acids is 1. The number of nitrogens with one attached hydrogen (secondary N) is 2. The third-order valence-electron chi connectivity index (χ3n) is 5.06. The molecule has 2 unspecified atom stereocenters. The Morgan fingerprint density at radius 1 is 1.45 bits per heavy atom. The molecule has 1 aliphatic heterocycles. The van der Waals surface area contributed by atoms with Gasteiger partial charge < -0.3 is 27.1 Å². The molecule has 6 N–H and O–H groups in total. The molecule has 0 bridgehead atoms. The van der Waals surface area contributed by atoms with Gasteiger partial charge in [-0.05, 0) is 24.6 Å². The minimum atomic E-state index is -3.06. The molecule has 1 aliphatic rings. The van der Waals surface area contributed by atoms with E-state index < -0.39 is 48.5 Å². The summed E-state index contributed by atoms with van der Waals surface area (Å²) in [5, 5.41) is 10.1. The fourth-order valence-electron chi connectivity index (χ4n) is 3.56. The van der Waals surface area contributed by atoms with Crippen molar-refractivity contribution in [1.82, 2.24) is 15.2 Å². The highest BCUT2D eigenvalue weighted by Gasteiger charge is 2.39. The van der Waals surface area contributed by atoms with Gasteiger partial charge in [0.25, 0.3) is 11.8 Å². The van der Waals surface area contributed by atoms with Gasteiger partial charge in [-0.1, -0.05) is 11.3 Å². The van der Waals surface area contributed by atoms with Gasteiger partial charge in [-0.2, -0.15) is 0 Å². The average Bonchev–Trinajstić information content (AvgIpc) is 3.07. The number of alkyl halides is 2. The zero-order valence-electron chi connectivity index (χ0n) is 17.6. The fourth-order valence-corrected chi connectivity index (χ4v) is 4.41. The van der Waals surface area contributed by atoms with Gasteiger partial charge in [0.15, 0.2) is 5.69 Å². The molecule has 0 spiro atoms. The van der Waals surface area contributed by atoms with E-state index in [4.69, 9.17) is 16.9 Å². The van der Waals surface area contributed by atoms with Crippen molar-refractivity contribution in [3.63, 3.8) is 0 Å². The maximum atomic E-state index is 14.2. The van der Waals surface area contributed by atoms with Gasteiger partial charge in [-0.3, -0.25) is 9.79 Å². The number of halogens is 4. The number of anilines is 1. The van der Waals surface area contributed by atoms with E-state index in [1.54, 1.807) is 0 Å². The summed E-state index contributed by atoms with van der Waals surface area (Å²) in [6.07, 6.45) is 0.657. The van der Waals surface area contributed by atoms with Gasteiger partial charge in [0.1, 0.15) is 33.5 Å². The fraction of sp³-hybridized carbons (Fsp3) is 0.400. The maximum Gasteiger partial charge on any atom is 0.273 e. The standard InChI is InChI=1S/C20H23F4N7OS/c1-28-17(31-5-4-11(26)7-20(23,24)9-31)14(8-25)29-18(32)15-16(27)33-19(30-15)12-6-10(21)2-3-13(12)22/h2-3,6,8,11,14,25H,4-5,7,9,26-27H2,1H3,(H,29,32). The van der Waals surface area contributed by atoms with Crippen molar-refractivity contribution < 1.29 is 22.4 Å². The van der Waals surface area contributed by atoms with Crippen molar-refractivity contribution >= 4 is 34.3 Å². The van der Waals surface area contributed by atoms with E-state index in [2.05, 4.69) is 15.3 Å². The van der Waals surface area contributed by atoms with Crippen LogP contribution in [0.3, 0.4) is 0 Å². The van der Waals surface area contributed by atoms with E-state index in [1.807, 2.05) is 0 Å². The number of hydrogen-bond donors (Lipinski definition) is 4. The Hall–Kier alpha value is -3.06. The normalized spacial score (nSPS) is 19.6. The molecule has 1 saturated heterocycles. The van der Waals surface area contributed by atoms with Crippen LogP contribution in [-0.4, -0.2) is 66.0 Å². The number of nitrogens with two attached hydrogens (primary N) is 2. The molecule has 0 saturated carbocycles. The first-order chi connectivity index (χ1) is 15.5. The summed E-state index contributed by atoms with van der Waals surface area (Å²) in [5.41, 5.74) is 11.2. The Morgan fingerprint density at radius 3 is 2.85 bits per heavy atom. The summed E-state index contributed by atoms with van der Waals surface area (Å²) < 4.78 is 56.1. The first-order valence-corrected chi connectivity index (χ1v) is 10.7. The van der Waals surface area contributed by atoms with Crippen LogP contribution < -0.4 is 16.8 Å². The second-order valence-corrected chi connectivity index (χ2v) is 8.62. The SMILES string of the molecule is CN=C(C(C=N)NC(=O)c1nc(-c2cc(F)ccc2F)sc1N)N1CCC(N)CC(F)(F)C1. The molecule has 178 valence electrons. The van der Waals surface area contributed by atoms with Crippen molar-refractivity contribution in [3.8, 4) is 10.6 Å². The lowest BCUT2D eigenvalue weighted by Gasteiger charge is -2.30. The molecule has 1 amide bonds. The molecular weight excluding hydrogens is 462 g/mol. The molecule has 33 heavy (non-hydrogen) atoms. The number of thiazole rings is 1. The van der Waals surface area contributed by atoms with Crippen LogP contribution in [-0.2, 0) is 0 Å². The molecule has 0 aliphatic carbocycles. The summed E-state index contributed by atoms with van der Waals surface area (Å²) in [4.78, 5) is 22.2. The van der Waals surface area contributed by atoms with Crippen LogP contribution in [0, 0.1) is 17.0 Å². The summed E-state index contributed by atoms with van der Waals surface area (Å²) >= 11 is 0.787. The van der Waals surface area contributed by atoms with E-state index in [0.717, 1.165) is 35.8 Å². The van der Waals surface area contributed by atoms with Crippen LogP contribution in [0.1, 0.15) is 23.3 Å². The highest BCUT2D eigenvalue weighted by atomic mass is 32.1. The number of aliphatic imine (C=N–C) groups is 1. The van der Waals surface area contributed by atoms with Crippen molar-refractivity contribution in [1.29, 1.82) is 5.41 Å². The molecule has 2 atom stereocenters. The molecule has 2 aromatic rings. The Labute approximate surface area is 191 Å². The van der Waals surface area contributed by atoms with Gasteiger partial charge in [-0.25, -0.2) is 22.5 Å². The molecule has 13 heteroatoms. The number of nitrogen functional groups attached to an aromatic ring is 1. The van der Waals surface area contributed by atoms with E-state index in [0.29, 0.717) is 0 Å². The summed E-state index contributed by atoms with van der Waals surface area (Å²) in [6.45, 7) is -0.485. The van der Waals surface area contributed by atoms with Crippen LogP contribution in [0.25, 0.3) is 10.6 Å². The second-order valence-electron chi connectivity index (χ2n) is 7.59. The lowest BCUT2D eigenvalue weighted by molar-refractivity contribution is -0.0207. The van der Waals surface area contributed by atoms with Gasteiger partial charge in [0.05, 0.1) is 6.54 Å². The lowest BCUT2D eigenvalue weighted by Crippen LogP contribution is -2.52. The predicted octanol–water partition coefficient (Wildman–Crippen LogP) is 2.51. The zero-order valence-corrected chi connectivity index (χ0v) is 18.4. The van der Waals surface area contributed by atoms with Gasteiger partial charge in [-0.15, -0.1) is 0 Å². The Morgan fingerprint density at radius 2 is 2.18 bits per heavy atom. The predicted molar refractivity (Wildman–Crippen MR) is 119 cm³/mol. The summed E-state index contributed by atoms with van der Waals surface area (Å²) in [5.74, 6) is -5.26. The molecule has 3 rings (SSSR count). The first-order valence-electron chi connectivity index (χ1n) is 9.93. The molecule has 1 aromatic heterocycles. The molecule has 1 aromatic carbocycles. The molecule has 0 radical (unpaired) electrons. The van der Waals surface area contributed by atoms with Crippen molar-refractivity contribution in [2.45, 2.75) is 30.8 Å². The number of rotatable bonds is 5. The van der Waals surface area contributed by atoms with E-state index in [1.165, 1.54) is 11.9 Å². The van der Waals surface area contributed by atoms with Crippen LogP contribution in [0.5, 0.6) is 0 Å². The maximum absolute atomic E-state index is 14.2. The third-order valence-corrected chi connectivity index (χ3v) is 5.98. The van der Waals surface area contributed by atoms with Crippen molar-refractivity contribution in [3.05, 3.63) is 35.5 Å². The largest absolute Gasteiger partial charge is 0.389 e. The Balaban J connectivity index is 1.83. The van der Waals surface area contributed by atoms with E-state index >= 15 is 0 Å². The summed E-state index contributed by atoms with van der Waals surface area (Å²) in [7, 11) is 1.36. The number of carbonyl (C=O) groups is 1. The first kappa shape index (κ1) is 24.6. The second kappa shape index (κ2) is 9.83. The van der Waals surface area contributed by atoms with E-state index in [-0.39, 0.29) is 40.1 Å². The Bertz CT molecular complexity index is 1070. The highest BCUT2D eigenvalue weighted by Crippen LogP contribution is 2.32. The third kappa shape index (κ3) is 5.66. The van der Waals surface area contributed by atoms with Crippen molar-refractivity contribution in [2.24, 2.45) is 10.7 Å². The minimum absolute atomic E-state index is 0.00779. The van der Waals surface area contributed by atoms with Gasteiger partial charge in [0.2, 0.25) is 0 Å². The monoisotopic (exact) mass is 485 g/mol. The van der Waals surface area contributed by atoms with Crippen molar-refractivity contribution in [2.75, 3.05) is 25.9 Å². The van der Waals surface area contributed by atoms with Gasteiger partial charge >= 0.3 is 0 Å². The van der Waals surface area contributed by atoms with Crippen LogP contribution >= 0.6 is 11.3 Å². The number of hydrogen-bond acceptors (Lipinski definition) is 7. The number of amidine groups is 1.